The number of amides is 2. The number of rotatable bonds is 4. The Hall–Kier alpha value is -4.06. The van der Waals surface area contributed by atoms with Crippen LogP contribution in [0.4, 0.5) is 11.4 Å². The van der Waals surface area contributed by atoms with Crippen LogP contribution in [0.15, 0.2) is 90.0 Å². The van der Waals surface area contributed by atoms with E-state index in [-0.39, 0.29) is 17.4 Å². The number of anilines is 2. The molecule has 2 heterocycles. The third-order valence-electron chi connectivity index (χ3n) is 5.63. The predicted octanol–water partition coefficient (Wildman–Crippen LogP) is 3.61. The molecular weight excluding hydrogens is 390 g/mol. The number of imide groups is 1. The average Bonchev–Trinajstić information content (AvgIpc) is 3.32. The highest BCUT2D eigenvalue weighted by Gasteiger charge is 2.58. The van der Waals surface area contributed by atoms with Crippen molar-refractivity contribution < 1.29 is 14.4 Å². The van der Waals surface area contributed by atoms with Crippen molar-refractivity contribution in [1.82, 2.24) is 0 Å². The smallest absolute Gasteiger partial charge is 0.259 e. The summed E-state index contributed by atoms with van der Waals surface area (Å²) in [6, 6.07) is 24.1. The van der Waals surface area contributed by atoms with E-state index in [0.717, 1.165) is 5.56 Å². The van der Waals surface area contributed by atoms with Crippen molar-refractivity contribution in [2.24, 2.45) is 11.0 Å². The lowest BCUT2D eigenvalue weighted by Gasteiger charge is -2.22. The Bertz CT molecular complexity index is 1200. The first kappa shape index (κ1) is 18.9. The zero-order valence-electron chi connectivity index (χ0n) is 16.8. The van der Waals surface area contributed by atoms with Gasteiger partial charge in [-0.15, -0.1) is 0 Å². The van der Waals surface area contributed by atoms with Gasteiger partial charge in [0, 0.05) is 5.56 Å². The standard InChI is InChI=1S/C25H19N3O3/c1-16-12-14-18(15-13-16)27-24(30)20-21(23(29)17-8-4-2-5-9-17)26-28(22(20)25(27)31)19-10-6-3-7-11-19/h2-15,20,22H,1H3/t20-,22+/m0/s1. The van der Waals surface area contributed by atoms with Crippen LogP contribution < -0.4 is 9.91 Å². The Labute approximate surface area is 179 Å². The van der Waals surface area contributed by atoms with Crippen LogP contribution in [0.3, 0.4) is 0 Å². The molecule has 0 unspecified atom stereocenters. The van der Waals surface area contributed by atoms with Gasteiger partial charge in [-0.1, -0.05) is 66.2 Å². The topological polar surface area (TPSA) is 70.1 Å². The number of hydrazone groups is 1. The van der Waals surface area contributed by atoms with Gasteiger partial charge in [0.1, 0.15) is 17.7 Å². The first-order chi connectivity index (χ1) is 15.1. The van der Waals surface area contributed by atoms with Crippen molar-refractivity contribution in [2.45, 2.75) is 13.0 Å². The molecule has 0 saturated carbocycles. The summed E-state index contributed by atoms with van der Waals surface area (Å²) in [4.78, 5) is 41.3. The molecule has 1 fully saturated rings. The predicted molar refractivity (Wildman–Crippen MR) is 118 cm³/mol. The van der Waals surface area contributed by atoms with Gasteiger partial charge in [-0.3, -0.25) is 19.4 Å². The van der Waals surface area contributed by atoms with Crippen LogP contribution in [0.25, 0.3) is 0 Å². The minimum Gasteiger partial charge on any atom is -0.287 e. The molecule has 2 aliphatic rings. The molecule has 2 atom stereocenters. The molecule has 6 heteroatoms. The molecule has 5 rings (SSSR count). The second-order valence-electron chi connectivity index (χ2n) is 7.63. The molecule has 31 heavy (non-hydrogen) atoms. The molecule has 0 radical (unpaired) electrons. The number of carbonyl (C=O) groups excluding carboxylic acids is 3. The van der Waals surface area contributed by atoms with Gasteiger partial charge in [0.15, 0.2) is 0 Å². The van der Waals surface area contributed by atoms with E-state index in [0.29, 0.717) is 16.9 Å². The summed E-state index contributed by atoms with van der Waals surface area (Å²) in [6.07, 6.45) is 0. The van der Waals surface area contributed by atoms with Gasteiger partial charge in [-0.2, -0.15) is 5.10 Å². The molecule has 0 aromatic heterocycles. The lowest BCUT2D eigenvalue weighted by molar-refractivity contribution is -0.121. The van der Waals surface area contributed by atoms with Crippen molar-refractivity contribution in [3.05, 3.63) is 96.1 Å². The summed E-state index contributed by atoms with van der Waals surface area (Å²) in [5.41, 5.74) is 2.70. The van der Waals surface area contributed by atoms with E-state index in [1.165, 1.54) is 9.91 Å². The molecule has 0 spiro atoms. The van der Waals surface area contributed by atoms with Crippen LogP contribution in [0.2, 0.25) is 0 Å². The second kappa shape index (κ2) is 7.32. The first-order valence-electron chi connectivity index (χ1n) is 10.0. The van der Waals surface area contributed by atoms with Gasteiger partial charge >= 0.3 is 0 Å². The van der Waals surface area contributed by atoms with Crippen molar-refractivity contribution in [1.29, 1.82) is 0 Å². The van der Waals surface area contributed by atoms with E-state index < -0.39 is 17.9 Å². The molecule has 0 aliphatic carbocycles. The SMILES string of the molecule is Cc1ccc(N2C(=O)[C@H]3C(C(=O)c4ccccc4)=NN(c4ccccc4)[C@H]3C2=O)cc1. The monoisotopic (exact) mass is 409 g/mol. The maximum absolute atomic E-state index is 13.5. The third kappa shape index (κ3) is 3.04. The second-order valence-corrected chi connectivity index (χ2v) is 7.63. The summed E-state index contributed by atoms with van der Waals surface area (Å²) in [5.74, 6) is -2.12. The summed E-state index contributed by atoms with van der Waals surface area (Å²) in [5, 5.41) is 6.00. The molecular formula is C25H19N3O3. The van der Waals surface area contributed by atoms with Crippen LogP contribution in [0.5, 0.6) is 0 Å². The van der Waals surface area contributed by atoms with E-state index in [4.69, 9.17) is 0 Å². The van der Waals surface area contributed by atoms with E-state index in [1.807, 2.05) is 55.5 Å². The van der Waals surface area contributed by atoms with Crippen LogP contribution in [-0.4, -0.2) is 29.4 Å². The van der Waals surface area contributed by atoms with Gasteiger partial charge < -0.3 is 0 Å². The van der Waals surface area contributed by atoms with Crippen LogP contribution in [0.1, 0.15) is 15.9 Å². The van der Waals surface area contributed by atoms with Gasteiger partial charge in [-0.25, -0.2) is 4.90 Å². The first-order valence-corrected chi connectivity index (χ1v) is 10.0. The minimum atomic E-state index is -0.957. The van der Waals surface area contributed by atoms with Crippen molar-refractivity contribution >= 4 is 34.7 Å². The lowest BCUT2D eigenvalue weighted by atomic mass is 9.92. The highest BCUT2D eigenvalue weighted by Crippen LogP contribution is 2.38. The fourth-order valence-electron chi connectivity index (χ4n) is 4.08. The van der Waals surface area contributed by atoms with Crippen LogP contribution in [-0.2, 0) is 9.59 Å². The van der Waals surface area contributed by atoms with E-state index in [1.54, 1.807) is 36.4 Å². The normalized spacial score (nSPS) is 20.1. The van der Waals surface area contributed by atoms with Gasteiger partial charge in [0.05, 0.1) is 11.4 Å². The summed E-state index contributed by atoms with van der Waals surface area (Å²) >= 11 is 0. The molecule has 6 nitrogen and oxygen atoms in total. The summed E-state index contributed by atoms with van der Waals surface area (Å²) in [7, 11) is 0. The van der Waals surface area contributed by atoms with Gasteiger partial charge in [0.2, 0.25) is 11.7 Å². The molecule has 0 bridgehead atoms. The maximum atomic E-state index is 13.5. The maximum Gasteiger partial charge on any atom is 0.259 e. The quantitative estimate of drug-likeness (QED) is 0.488. The summed E-state index contributed by atoms with van der Waals surface area (Å²) < 4.78 is 0. The van der Waals surface area contributed by atoms with E-state index >= 15 is 0 Å². The molecule has 152 valence electrons. The molecule has 3 aromatic rings. The number of fused-ring (bicyclic) bond motifs is 1. The van der Waals surface area contributed by atoms with E-state index in [9.17, 15) is 14.4 Å². The van der Waals surface area contributed by atoms with Crippen LogP contribution in [0, 0.1) is 12.8 Å². The highest BCUT2D eigenvalue weighted by molar-refractivity contribution is 6.53. The number of hydrogen-bond donors (Lipinski definition) is 0. The number of aryl methyl sites for hydroxylation is 1. The highest BCUT2D eigenvalue weighted by atomic mass is 16.2. The molecule has 0 N–H and O–H groups in total. The van der Waals surface area contributed by atoms with Crippen molar-refractivity contribution in [3.63, 3.8) is 0 Å². The Kier molecular flexibility index (Phi) is 4.47. The lowest BCUT2D eigenvalue weighted by Crippen LogP contribution is -2.39. The Morgan fingerprint density at radius 3 is 2.03 bits per heavy atom. The fraction of sp³-hybridized carbons (Fsp3) is 0.120. The molecule has 2 amide bonds. The molecule has 2 aliphatic heterocycles. The third-order valence-corrected chi connectivity index (χ3v) is 5.63. The number of hydrogen-bond acceptors (Lipinski definition) is 5. The summed E-state index contributed by atoms with van der Waals surface area (Å²) in [6.45, 7) is 1.94. The molecule has 3 aromatic carbocycles. The van der Waals surface area contributed by atoms with Crippen molar-refractivity contribution in [2.75, 3.05) is 9.91 Å². The number of Topliss-reactive ketones (excluding diaryl/α,β-unsaturated/α-hetero) is 1. The molecule has 1 saturated heterocycles. The van der Waals surface area contributed by atoms with Gasteiger partial charge in [-0.05, 0) is 31.2 Å². The largest absolute Gasteiger partial charge is 0.287 e. The fourth-order valence-corrected chi connectivity index (χ4v) is 4.08. The Morgan fingerprint density at radius 2 is 1.39 bits per heavy atom. The van der Waals surface area contributed by atoms with Gasteiger partial charge in [0.25, 0.3) is 5.91 Å². The van der Waals surface area contributed by atoms with Crippen LogP contribution >= 0.6 is 0 Å². The minimum absolute atomic E-state index is 0.0908. The average molecular weight is 409 g/mol. The number of carbonyl (C=O) groups is 3. The Balaban J connectivity index is 1.61. The number of benzene rings is 3. The van der Waals surface area contributed by atoms with E-state index in [2.05, 4.69) is 5.10 Å². The van der Waals surface area contributed by atoms with Crippen molar-refractivity contribution in [3.8, 4) is 0 Å². The zero-order valence-corrected chi connectivity index (χ0v) is 16.8. The number of nitrogens with zero attached hydrogens (tertiary/aromatic N) is 3. The number of para-hydroxylation sites is 1. The number of ketones is 1. The Morgan fingerprint density at radius 1 is 0.774 bits per heavy atom. The zero-order chi connectivity index (χ0) is 21.5.